The van der Waals surface area contributed by atoms with Crippen LogP contribution in [0.25, 0.3) is 0 Å². The number of aliphatic carboxylic acids is 1. The first kappa shape index (κ1) is 12.9. The van der Waals surface area contributed by atoms with Crippen LogP contribution in [0.4, 0.5) is 4.79 Å². The number of rotatable bonds is 5. The molecule has 0 saturated carbocycles. The first-order valence-electron chi connectivity index (χ1n) is 5.12. The Morgan fingerprint density at radius 2 is 2.18 bits per heavy atom. The third kappa shape index (κ3) is 4.09. The molecule has 1 aromatic heterocycles. The zero-order valence-corrected chi connectivity index (χ0v) is 9.67. The van der Waals surface area contributed by atoms with Gasteiger partial charge in [0.1, 0.15) is 18.7 Å². The number of carboxylic acid groups (broad SMARTS) is 1. The lowest BCUT2D eigenvalue weighted by Gasteiger charge is -2.10. The van der Waals surface area contributed by atoms with Crippen LogP contribution in [0, 0.1) is 0 Å². The fourth-order valence-electron chi connectivity index (χ4n) is 1.21. The van der Waals surface area contributed by atoms with Crippen LogP contribution < -0.4 is 10.6 Å². The van der Waals surface area contributed by atoms with Crippen molar-refractivity contribution >= 4 is 12.0 Å². The number of carbonyl (C=O) groups excluding carboxylic acids is 1. The van der Waals surface area contributed by atoms with Crippen LogP contribution in [0.1, 0.15) is 25.7 Å². The van der Waals surface area contributed by atoms with E-state index < -0.39 is 18.5 Å². The smallest absolute Gasteiger partial charge is 0.323 e. The van der Waals surface area contributed by atoms with Crippen molar-refractivity contribution in [3.05, 3.63) is 12.2 Å². The van der Waals surface area contributed by atoms with E-state index in [0.29, 0.717) is 5.82 Å². The molecule has 3 N–H and O–H groups in total. The average molecular weight is 241 g/mol. The lowest BCUT2D eigenvalue weighted by atomic mass is 10.4. The molecule has 0 aliphatic rings. The van der Waals surface area contributed by atoms with Crippen LogP contribution in [0.3, 0.4) is 0 Å². The Balaban J connectivity index is 2.42. The number of nitrogens with one attached hydrogen (secondary N) is 2. The molecule has 0 bridgehead atoms. The van der Waals surface area contributed by atoms with Crippen LogP contribution in [0.15, 0.2) is 6.33 Å². The second kappa shape index (κ2) is 5.83. The Hall–Kier alpha value is -2.12. The molecule has 1 aromatic rings. The van der Waals surface area contributed by atoms with E-state index in [9.17, 15) is 9.59 Å². The summed E-state index contributed by atoms with van der Waals surface area (Å²) in [5.74, 6) is -0.476. The van der Waals surface area contributed by atoms with E-state index in [0.717, 1.165) is 0 Å². The van der Waals surface area contributed by atoms with Gasteiger partial charge < -0.3 is 15.7 Å². The van der Waals surface area contributed by atoms with E-state index in [-0.39, 0.29) is 12.6 Å². The summed E-state index contributed by atoms with van der Waals surface area (Å²) in [6, 6.07) is -0.401. The maximum absolute atomic E-state index is 11.2. The highest BCUT2D eigenvalue weighted by Crippen LogP contribution is 2.04. The Kier molecular flexibility index (Phi) is 4.44. The molecule has 0 spiro atoms. The molecule has 8 heteroatoms. The molecule has 0 aliphatic heterocycles. The largest absolute Gasteiger partial charge is 0.480 e. The van der Waals surface area contributed by atoms with E-state index in [1.165, 1.54) is 6.33 Å². The van der Waals surface area contributed by atoms with Gasteiger partial charge in [-0.2, -0.15) is 5.10 Å². The zero-order chi connectivity index (χ0) is 12.8. The molecule has 17 heavy (non-hydrogen) atoms. The van der Waals surface area contributed by atoms with Gasteiger partial charge in [-0.05, 0) is 13.8 Å². The maximum Gasteiger partial charge on any atom is 0.323 e. The highest BCUT2D eigenvalue weighted by atomic mass is 16.4. The molecule has 0 aliphatic carbocycles. The molecular weight excluding hydrogens is 226 g/mol. The number of hydrogen-bond donors (Lipinski definition) is 3. The van der Waals surface area contributed by atoms with Gasteiger partial charge in [0.2, 0.25) is 0 Å². The van der Waals surface area contributed by atoms with Gasteiger partial charge in [-0.15, -0.1) is 0 Å². The van der Waals surface area contributed by atoms with Crippen molar-refractivity contribution in [2.24, 2.45) is 0 Å². The summed E-state index contributed by atoms with van der Waals surface area (Å²) in [5, 5.41) is 17.1. The van der Waals surface area contributed by atoms with Crippen molar-refractivity contribution in [3.63, 3.8) is 0 Å². The van der Waals surface area contributed by atoms with E-state index in [1.54, 1.807) is 4.68 Å². The van der Waals surface area contributed by atoms with Crippen LogP contribution in [-0.4, -0.2) is 38.4 Å². The minimum atomic E-state index is -1.09. The first-order valence-corrected chi connectivity index (χ1v) is 5.12. The monoisotopic (exact) mass is 241 g/mol. The Labute approximate surface area is 98.0 Å². The van der Waals surface area contributed by atoms with Crippen LogP contribution in [0.5, 0.6) is 0 Å². The number of aromatic nitrogens is 3. The molecule has 0 fully saturated rings. The van der Waals surface area contributed by atoms with Gasteiger partial charge in [-0.1, -0.05) is 0 Å². The normalized spacial score (nSPS) is 10.3. The third-order valence-corrected chi connectivity index (χ3v) is 1.94. The van der Waals surface area contributed by atoms with Gasteiger partial charge in [0.25, 0.3) is 0 Å². The molecule has 8 nitrogen and oxygen atoms in total. The third-order valence-electron chi connectivity index (χ3n) is 1.94. The summed E-state index contributed by atoms with van der Waals surface area (Å²) in [6.07, 6.45) is 1.41. The fourth-order valence-corrected chi connectivity index (χ4v) is 1.21. The molecule has 1 heterocycles. The molecule has 0 radical (unpaired) electrons. The zero-order valence-electron chi connectivity index (χ0n) is 9.67. The van der Waals surface area contributed by atoms with Crippen molar-refractivity contribution in [2.75, 3.05) is 6.54 Å². The predicted octanol–water partition coefficient (Wildman–Crippen LogP) is -0.257. The SMILES string of the molecule is CC(C)n1ncnc1CNC(=O)NCC(=O)O. The number of nitrogens with zero attached hydrogens (tertiary/aromatic N) is 3. The number of carbonyl (C=O) groups is 2. The molecule has 0 atom stereocenters. The molecule has 1 rings (SSSR count). The molecule has 94 valence electrons. The van der Waals surface area contributed by atoms with Crippen LogP contribution in [0.2, 0.25) is 0 Å². The van der Waals surface area contributed by atoms with E-state index in [4.69, 9.17) is 5.11 Å². The lowest BCUT2D eigenvalue weighted by molar-refractivity contribution is -0.135. The quantitative estimate of drug-likeness (QED) is 0.658. The van der Waals surface area contributed by atoms with Gasteiger partial charge in [-0.25, -0.2) is 14.5 Å². The predicted molar refractivity (Wildman–Crippen MR) is 58.3 cm³/mol. The molecule has 0 aromatic carbocycles. The van der Waals surface area contributed by atoms with Crippen LogP contribution >= 0.6 is 0 Å². The number of carboxylic acids is 1. The number of hydrogen-bond acceptors (Lipinski definition) is 4. The van der Waals surface area contributed by atoms with Crippen molar-refractivity contribution in [3.8, 4) is 0 Å². The topological polar surface area (TPSA) is 109 Å². The molecule has 0 saturated heterocycles. The Bertz CT molecular complexity index is 401. The highest BCUT2D eigenvalue weighted by molar-refractivity contribution is 5.79. The Morgan fingerprint density at radius 1 is 1.47 bits per heavy atom. The second-order valence-electron chi connectivity index (χ2n) is 3.64. The number of amides is 2. The average Bonchev–Trinajstić information content (AvgIpc) is 2.71. The van der Waals surface area contributed by atoms with E-state index in [1.807, 2.05) is 13.8 Å². The van der Waals surface area contributed by atoms with Crippen molar-refractivity contribution in [1.29, 1.82) is 0 Å². The lowest BCUT2D eigenvalue weighted by Crippen LogP contribution is -2.38. The molecular formula is C9H15N5O3. The summed E-state index contributed by atoms with van der Waals surface area (Å²) in [4.78, 5) is 25.4. The fraction of sp³-hybridized carbons (Fsp3) is 0.556. The second-order valence-corrected chi connectivity index (χ2v) is 3.64. The van der Waals surface area contributed by atoms with Crippen molar-refractivity contribution in [2.45, 2.75) is 26.4 Å². The first-order chi connectivity index (χ1) is 8.00. The van der Waals surface area contributed by atoms with Gasteiger partial charge in [0.05, 0.1) is 6.54 Å². The highest BCUT2D eigenvalue weighted by Gasteiger charge is 2.09. The number of urea groups is 1. The van der Waals surface area contributed by atoms with Crippen molar-refractivity contribution < 1.29 is 14.7 Å². The summed E-state index contributed by atoms with van der Waals surface area (Å²) in [5.41, 5.74) is 0. The maximum atomic E-state index is 11.2. The summed E-state index contributed by atoms with van der Waals surface area (Å²) in [7, 11) is 0. The Morgan fingerprint density at radius 3 is 2.76 bits per heavy atom. The minimum Gasteiger partial charge on any atom is -0.480 e. The van der Waals surface area contributed by atoms with Crippen LogP contribution in [-0.2, 0) is 11.3 Å². The minimum absolute atomic E-state index is 0.149. The van der Waals surface area contributed by atoms with E-state index in [2.05, 4.69) is 20.7 Å². The van der Waals surface area contributed by atoms with Crippen molar-refractivity contribution in [1.82, 2.24) is 25.4 Å². The molecule has 2 amide bonds. The summed E-state index contributed by atoms with van der Waals surface area (Å²) < 4.78 is 1.68. The van der Waals surface area contributed by atoms with E-state index >= 15 is 0 Å². The van der Waals surface area contributed by atoms with Gasteiger partial charge in [-0.3, -0.25) is 4.79 Å². The van der Waals surface area contributed by atoms with Gasteiger partial charge in [0, 0.05) is 6.04 Å². The summed E-state index contributed by atoms with van der Waals surface area (Å²) >= 11 is 0. The van der Waals surface area contributed by atoms with Gasteiger partial charge >= 0.3 is 12.0 Å². The standard InChI is InChI=1S/C9H15N5O3/c1-6(2)14-7(12-5-13-14)3-10-9(17)11-4-8(15)16/h5-6H,3-4H2,1-2H3,(H,15,16)(H2,10,11,17). The van der Waals surface area contributed by atoms with Gasteiger partial charge in [0.15, 0.2) is 0 Å². The summed E-state index contributed by atoms with van der Waals surface area (Å²) in [6.45, 7) is 3.68. The molecule has 0 unspecified atom stereocenters.